The minimum absolute atomic E-state index is 0.00422. The summed E-state index contributed by atoms with van der Waals surface area (Å²) in [5.41, 5.74) is 0. The average molecular weight is 411 g/mol. The predicted octanol–water partition coefficient (Wildman–Crippen LogP) is 6.27. The van der Waals surface area contributed by atoms with Gasteiger partial charge in [-0.25, -0.2) is 8.78 Å². The maximum absolute atomic E-state index is 13.4. The largest absolute Gasteiger partial charge is 0.346 e. The molecule has 2 aromatic carbocycles. The summed E-state index contributed by atoms with van der Waals surface area (Å²) in [5, 5.41) is 2.16. The molecule has 0 aromatic heterocycles. The van der Waals surface area contributed by atoms with Gasteiger partial charge in [-0.15, -0.1) is 11.8 Å². The highest BCUT2D eigenvalue weighted by Gasteiger charge is 2.30. The maximum atomic E-state index is 13.4. The van der Waals surface area contributed by atoms with Crippen LogP contribution >= 0.6 is 19.9 Å². The summed E-state index contributed by atoms with van der Waals surface area (Å²) in [6, 6.07) is 12.9. The Morgan fingerprint density at radius 3 is 1.56 bits per heavy atom. The Labute approximate surface area is 167 Å². The summed E-state index contributed by atoms with van der Waals surface area (Å²) in [5.74, 6) is -0.101. The SMILES string of the molecule is CC(C)[C@@H](SC(C)(C)C)[C@@H](C)OP(c1ccc(F)cc1)c1ccc(F)cc1. The summed E-state index contributed by atoms with van der Waals surface area (Å²) < 4.78 is 33.5. The number of thioether (sulfide) groups is 1. The van der Waals surface area contributed by atoms with Crippen LogP contribution in [0, 0.1) is 17.6 Å². The van der Waals surface area contributed by atoms with Gasteiger partial charge in [-0.05, 0) is 61.4 Å². The number of hydrogen-bond donors (Lipinski definition) is 0. The zero-order valence-electron chi connectivity index (χ0n) is 16.9. The molecular formula is C22H29F2OPS. The number of hydrogen-bond acceptors (Lipinski definition) is 2. The third kappa shape index (κ3) is 6.85. The summed E-state index contributed by atoms with van der Waals surface area (Å²) in [6.45, 7) is 13.2. The van der Waals surface area contributed by atoms with Crippen LogP contribution < -0.4 is 10.6 Å². The molecule has 2 aromatic rings. The molecule has 0 amide bonds. The van der Waals surface area contributed by atoms with Crippen LogP contribution in [-0.2, 0) is 4.52 Å². The van der Waals surface area contributed by atoms with Gasteiger partial charge in [-0.1, -0.05) is 34.6 Å². The van der Waals surface area contributed by atoms with Crippen LogP contribution in [0.25, 0.3) is 0 Å². The highest BCUT2D eigenvalue weighted by molar-refractivity contribution is 8.01. The van der Waals surface area contributed by atoms with E-state index in [0.717, 1.165) is 10.6 Å². The molecule has 0 saturated carbocycles. The normalized spacial score (nSPS) is 14.6. The standard InChI is InChI=1S/C22H29F2OPS/c1-15(2)21(27-22(4,5)6)16(3)25-26(19-11-7-17(23)8-12-19)20-13-9-18(24)10-14-20/h7-16,21H,1-6H3/t16-,21-/m1/s1. The van der Waals surface area contributed by atoms with Gasteiger partial charge in [0, 0.05) is 20.6 Å². The molecule has 0 radical (unpaired) electrons. The Morgan fingerprint density at radius 1 is 0.815 bits per heavy atom. The molecule has 0 unspecified atom stereocenters. The molecule has 0 aliphatic heterocycles. The summed E-state index contributed by atoms with van der Waals surface area (Å²) in [4.78, 5) is 0. The first-order valence-electron chi connectivity index (χ1n) is 9.22. The highest BCUT2D eigenvalue weighted by atomic mass is 32.2. The molecule has 0 spiro atoms. The van der Waals surface area contributed by atoms with E-state index >= 15 is 0 Å². The molecule has 0 saturated heterocycles. The minimum Gasteiger partial charge on any atom is -0.346 e. The smallest absolute Gasteiger partial charge is 0.123 e. The number of benzene rings is 2. The van der Waals surface area contributed by atoms with Crippen molar-refractivity contribution in [2.24, 2.45) is 5.92 Å². The first kappa shape index (κ1) is 22.3. The summed E-state index contributed by atoms with van der Waals surface area (Å²) >= 11 is 1.92. The molecule has 2 rings (SSSR count). The van der Waals surface area contributed by atoms with Crippen LogP contribution in [0.1, 0.15) is 41.5 Å². The van der Waals surface area contributed by atoms with Crippen molar-refractivity contribution in [2.75, 3.05) is 0 Å². The van der Waals surface area contributed by atoms with Crippen molar-refractivity contribution in [1.82, 2.24) is 0 Å². The van der Waals surface area contributed by atoms with Crippen LogP contribution in [0.3, 0.4) is 0 Å². The topological polar surface area (TPSA) is 9.23 Å². The molecule has 2 atom stereocenters. The molecule has 0 bridgehead atoms. The summed E-state index contributed by atoms with van der Waals surface area (Å²) in [7, 11) is -1.16. The molecule has 0 N–H and O–H groups in total. The second-order valence-corrected chi connectivity index (χ2v) is 11.8. The Morgan fingerprint density at radius 2 is 1.22 bits per heavy atom. The molecule has 0 heterocycles. The fourth-order valence-electron chi connectivity index (χ4n) is 2.83. The molecular weight excluding hydrogens is 381 g/mol. The van der Waals surface area contributed by atoms with Crippen LogP contribution in [0.4, 0.5) is 8.78 Å². The third-order valence-electron chi connectivity index (χ3n) is 4.00. The van der Waals surface area contributed by atoms with Crippen LogP contribution in [0.15, 0.2) is 48.5 Å². The van der Waals surface area contributed by atoms with E-state index in [1.807, 2.05) is 11.8 Å². The van der Waals surface area contributed by atoms with E-state index in [1.165, 1.54) is 24.3 Å². The van der Waals surface area contributed by atoms with Crippen molar-refractivity contribution >= 4 is 30.5 Å². The van der Waals surface area contributed by atoms with Crippen molar-refractivity contribution in [2.45, 2.75) is 57.6 Å². The average Bonchev–Trinajstić information content (AvgIpc) is 2.58. The maximum Gasteiger partial charge on any atom is 0.123 e. The van der Waals surface area contributed by atoms with Crippen molar-refractivity contribution < 1.29 is 13.3 Å². The first-order chi connectivity index (χ1) is 12.6. The van der Waals surface area contributed by atoms with Gasteiger partial charge in [0.15, 0.2) is 0 Å². The van der Waals surface area contributed by atoms with Gasteiger partial charge in [0.2, 0.25) is 0 Å². The van der Waals surface area contributed by atoms with Crippen molar-refractivity contribution in [3.8, 4) is 0 Å². The number of rotatable bonds is 7. The molecule has 1 nitrogen and oxygen atoms in total. The predicted molar refractivity (Wildman–Crippen MR) is 116 cm³/mol. The molecule has 0 aliphatic rings. The van der Waals surface area contributed by atoms with E-state index in [4.69, 9.17) is 4.52 Å². The van der Waals surface area contributed by atoms with Gasteiger partial charge in [-0.3, -0.25) is 0 Å². The van der Waals surface area contributed by atoms with E-state index in [1.54, 1.807) is 24.3 Å². The van der Waals surface area contributed by atoms with E-state index in [0.29, 0.717) is 11.2 Å². The molecule has 27 heavy (non-hydrogen) atoms. The zero-order chi connectivity index (χ0) is 20.2. The van der Waals surface area contributed by atoms with E-state index < -0.39 is 8.15 Å². The molecule has 5 heteroatoms. The fourth-order valence-corrected chi connectivity index (χ4v) is 6.10. The van der Waals surface area contributed by atoms with Crippen molar-refractivity contribution in [3.63, 3.8) is 0 Å². The monoisotopic (exact) mass is 410 g/mol. The second-order valence-electron chi connectivity index (χ2n) is 8.00. The van der Waals surface area contributed by atoms with Gasteiger partial charge >= 0.3 is 0 Å². The fraction of sp³-hybridized carbons (Fsp3) is 0.455. The lowest BCUT2D eigenvalue weighted by atomic mass is 10.1. The van der Waals surface area contributed by atoms with E-state index in [-0.39, 0.29) is 22.5 Å². The van der Waals surface area contributed by atoms with Crippen molar-refractivity contribution in [3.05, 3.63) is 60.2 Å². The summed E-state index contributed by atoms with van der Waals surface area (Å²) in [6.07, 6.45) is -0.00422. The van der Waals surface area contributed by atoms with Crippen LogP contribution in [0.2, 0.25) is 0 Å². The van der Waals surface area contributed by atoms with Crippen molar-refractivity contribution in [1.29, 1.82) is 0 Å². The van der Waals surface area contributed by atoms with Gasteiger partial charge in [0.1, 0.15) is 11.6 Å². The van der Waals surface area contributed by atoms with Gasteiger partial charge < -0.3 is 4.52 Å². The van der Waals surface area contributed by atoms with Gasteiger partial charge in [0.05, 0.1) is 14.3 Å². The Balaban J connectivity index is 2.32. The molecule has 148 valence electrons. The Hall–Kier alpha value is -0.960. The van der Waals surface area contributed by atoms with Gasteiger partial charge in [0.25, 0.3) is 0 Å². The van der Waals surface area contributed by atoms with Gasteiger partial charge in [-0.2, -0.15) is 0 Å². The molecule has 0 aliphatic carbocycles. The Kier molecular flexibility index (Phi) is 7.85. The zero-order valence-corrected chi connectivity index (χ0v) is 18.6. The first-order valence-corrected chi connectivity index (χ1v) is 11.4. The number of halogens is 2. The lowest BCUT2D eigenvalue weighted by Crippen LogP contribution is -2.32. The lowest BCUT2D eigenvalue weighted by molar-refractivity contribution is 0.227. The Bertz CT molecular complexity index is 665. The lowest BCUT2D eigenvalue weighted by Gasteiger charge is -2.34. The van der Waals surface area contributed by atoms with E-state index in [2.05, 4.69) is 41.5 Å². The minimum atomic E-state index is -1.16. The van der Waals surface area contributed by atoms with Crippen LogP contribution in [-0.4, -0.2) is 16.1 Å². The second kappa shape index (κ2) is 9.49. The molecule has 0 fully saturated rings. The quantitative estimate of drug-likeness (QED) is 0.497. The highest BCUT2D eigenvalue weighted by Crippen LogP contribution is 2.42. The van der Waals surface area contributed by atoms with E-state index in [9.17, 15) is 8.78 Å². The third-order valence-corrected chi connectivity index (χ3v) is 7.99. The van der Waals surface area contributed by atoms with Crippen LogP contribution in [0.5, 0.6) is 0 Å².